The van der Waals surface area contributed by atoms with Gasteiger partial charge in [0.15, 0.2) is 0 Å². The molecule has 4 heteroatoms. The zero-order valence-electron chi connectivity index (χ0n) is 8.40. The summed E-state index contributed by atoms with van der Waals surface area (Å²) in [5.74, 6) is -0.202. The Hall–Kier alpha value is 0.0300. The Kier molecular flexibility index (Phi) is 3.69. The second-order valence-electron chi connectivity index (χ2n) is 4.02. The summed E-state index contributed by atoms with van der Waals surface area (Å²) in [7, 11) is 0. The predicted molar refractivity (Wildman–Crippen MR) is 69.1 cm³/mol. The third-order valence-corrected chi connectivity index (χ3v) is 3.48. The van der Waals surface area contributed by atoms with Gasteiger partial charge in [0.05, 0.1) is 3.57 Å². The van der Waals surface area contributed by atoms with Crippen molar-refractivity contribution in [3.63, 3.8) is 0 Å². The van der Waals surface area contributed by atoms with E-state index in [2.05, 4.69) is 20.8 Å². The van der Waals surface area contributed by atoms with Crippen molar-refractivity contribution in [3.05, 3.63) is 21.5 Å². The third-order valence-electron chi connectivity index (χ3n) is 1.47. The minimum atomic E-state index is -0.202. The number of benzene rings is 1. The fourth-order valence-electron chi connectivity index (χ4n) is 0.962. The molecule has 0 spiro atoms. The van der Waals surface area contributed by atoms with E-state index in [4.69, 9.17) is 5.73 Å². The maximum atomic E-state index is 13.3. The largest absolute Gasteiger partial charge is 0.398 e. The van der Waals surface area contributed by atoms with Crippen LogP contribution in [0.15, 0.2) is 17.0 Å². The van der Waals surface area contributed by atoms with E-state index in [9.17, 15) is 4.39 Å². The van der Waals surface area contributed by atoms with Gasteiger partial charge in [0.25, 0.3) is 0 Å². The second-order valence-corrected chi connectivity index (χ2v) is 7.05. The van der Waals surface area contributed by atoms with Gasteiger partial charge in [0.2, 0.25) is 0 Å². The van der Waals surface area contributed by atoms with Crippen LogP contribution in [0.2, 0.25) is 0 Å². The summed E-state index contributed by atoms with van der Waals surface area (Å²) in [5.41, 5.74) is 6.45. The number of hydrogen-bond donors (Lipinski definition) is 1. The minimum Gasteiger partial charge on any atom is -0.398 e. The highest BCUT2D eigenvalue weighted by atomic mass is 127. The molecule has 0 atom stereocenters. The Morgan fingerprint density at radius 3 is 2.43 bits per heavy atom. The Bertz CT molecular complexity index is 347. The number of halogens is 2. The van der Waals surface area contributed by atoms with Crippen LogP contribution in [0.5, 0.6) is 0 Å². The van der Waals surface area contributed by atoms with Gasteiger partial charge in [0, 0.05) is 15.3 Å². The number of nitrogens with two attached hydrogens (primary N) is 1. The van der Waals surface area contributed by atoms with Gasteiger partial charge in [-0.05, 0) is 34.7 Å². The van der Waals surface area contributed by atoms with Crippen LogP contribution in [-0.4, -0.2) is 4.75 Å². The van der Waals surface area contributed by atoms with Gasteiger partial charge in [-0.25, -0.2) is 4.39 Å². The number of thioether (sulfide) groups is 1. The molecular weight excluding hydrogens is 312 g/mol. The van der Waals surface area contributed by atoms with Gasteiger partial charge >= 0.3 is 0 Å². The fourth-order valence-corrected chi connectivity index (χ4v) is 2.45. The zero-order valence-corrected chi connectivity index (χ0v) is 11.4. The number of anilines is 1. The average Bonchev–Trinajstić information content (AvgIpc) is 1.97. The van der Waals surface area contributed by atoms with Crippen molar-refractivity contribution in [1.29, 1.82) is 0 Å². The first-order chi connectivity index (χ1) is 6.29. The number of nitrogen functional groups attached to an aromatic ring is 1. The average molecular weight is 325 g/mol. The summed E-state index contributed by atoms with van der Waals surface area (Å²) in [6.45, 7) is 6.23. The SMILES string of the molecule is CC(C)(C)Sc1cc(F)c(I)cc1N. The summed E-state index contributed by atoms with van der Waals surface area (Å²) in [6.07, 6.45) is 0. The van der Waals surface area contributed by atoms with Crippen LogP contribution in [0.4, 0.5) is 10.1 Å². The summed E-state index contributed by atoms with van der Waals surface area (Å²) < 4.78 is 13.9. The molecule has 0 aliphatic rings. The van der Waals surface area contributed by atoms with E-state index in [0.717, 1.165) is 4.90 Å². The lowest BCUT2D eigenvalue weighted by molar-refractivity contribution is 0.617. The highest BCUT2D eigenvalue weighted by Gasteiger charge is 2.15. The molecule has 14 heavy (non-hydrogen) atoms. The van der Waals surface area contributed by atoms with Crippen molar-refractivity contribution in [2.75, 3.05) is 5.73 Å². The van der Waals surface area contributed by atoms with Crippen molar-refractivity contribution in [2.45, 2.75) is 30.4 Å². The van der Waals surface area contributed by atoms with E-state index in [1.807, 2.05) is 22.6 Å². The Morgan fingerprint density at radius 1 is 1.36 bits per heavy atom. The molecule has 1 rings (SSSR count). The molecule has 78 valence electrons. The van der Waals surface area contributed by atoms with Crippen LogP contribution in [0, 0.1) is 9.39 Å². The van der Waals surface area contributed by atoms with E-state index in [1.165, 1.54) is 6.07 Å². The molecule has 0 amide bonds. The summed E-state index contributed by atoms with van der Waals surface area (Å²) >= 11 is 3.52. The topological polar surface area (TPSA) is 26.0 Å². The highest BCUT2D eigenvalue weighted by molar-refractivity contribution is 14.1. The van der Waals surface area contributed by atoms with E-state index in [1.54, 1.807) is 17.8 Å². The molecule has 0 bridgehead atoms. The lowest BCUT2D eigenvalue weighted by Gasteiger charge is -2.18. The molecule has 1 nitrogen and oxygen atoms in total. The van der Waals surface area contributed by atoms with Crippen LogP contribution in [0.25, 0.3) is 0 Å². The van der Waals surface area contributed by atoms with E-state index < -0.39 is 0 Å². The fraction of sp³-hybridized carbons (Fsp3) is 0.400. The van der Waals surface area contributed by atoms with E-state index in [0.29, 0.717) is 9.26 Å². The quantitative estimate of drug-likeness (QED) is 0.481. The molecule has 0 radical (unpaired) electrons. The summed E-state index contributed by atoms with van der Waals surface area (Å²) in [5, 5.41) is 0. The highest BCUT2D eigenvalue weighted by Crippen LogP contribution is 2.36. The Balaban J connectivity index is 3.04. The van der Waals surface area contributed by atoms with Crippen LogP contribution in [-0.2, 0) is 0 Å². The molecule has 0 heterocycles. The first kappa shape index (κ1) is 12.1. The Labute approximate surface area is 102 Å². The molecule has 2 N–H and O–H groups in total. The smallest absolute Gasteiger partial charge is 0.137 e. The number of rotatable bonds is 1. The van der Waals surface area contributed by atoms with Gasteiger partial charge in [-0.2, -0.15) is 0 Å². The van der Waals surface area contributed by atoms with Crippen molar-refractivity contribution in [2.24, 2.45) is 0 Å². The molecule has 0 fully saturated rings. The van der Waals surface area contributed by atoms with Crippen LogP contribution in [0.1, 0.15) is 20.8 Å². The van der Waals surface area contributed by atoms with Gasteiger partial charge in [-0.3, -0.25) is 0 Å². The van der Waals surface area contributed by atoms with Crippen LogP contribution >= 0.6 is 34.4 Å². The van der Waals surface area contributed by atoms with Crippen molar-refractivity contribution in [3.8, 4) is 0 Å². The number of hydrogen-bond acceptors (Lipinski definition) is 2. The normalized spacial score (nSPS) is 11.8. The standard InChI is InChI=1S/C10H13FINS/c1-10(2,3)14-9-4-6(11)7(12)5-8(9)13/h4-5H,13H2,1-3H3. The van der Waals surface area contributed by atoms with E-state index in [-0.39, 0.29) is 10.6 Å². The molecule has 0 unspecified atom stereocenters. The lowest BCUT2D eigenvalue weighted by Crippen LogP contribution is -2.08. The van der Waals surface area contributed by atoms with Crippen molar-refractivity contribution < 1.29 is 4.39 Å². The first-order valence-corrected chi connectivity index (χ1v) is 6.12. The minimum absolute atomic E-state index is 0.0490. The monoisotopic (exact) mass is 325 g/mol. The lowest BCUT2D eigenvalue weighted by atomic mass is 10.3. The van der Waals surface area contributed by atoms with Crippen molar-refractivity contribution >= 4 is 40.0 Å². The first-order valence-electron chi connectivity index (χ1n) is 4.23. The second kappa shape index (κ2) is 4.26. The van der Waals surface area contributed by atoms with Gasteiger partial charge in [-0.15, -0.1) is 11.8 Å². The molecule has 0 aliphatic carbocycles. The van der Waals surface area contributed by atoms with Crippen LogP contribution < -0.4 is 5.73 Å². The van der Waals surface area contributed by atoms with Gasteiger partial charge in [0.1, 0.15) is 5.82 Å². The van der Waals surface area contributed by atoms with Gasteiger partial charge < -0.3 is 5.73 Å². The molecule has 0 saturated heterocycles. The molecule has 1 aromatic rings. The predicted octanol–water partition coefficient (Wildman–Crippen LogP) is 3.90. The molecule has 0 aromatic heterocycles. The maximum Gasteiger partial charge on any atom is 0.137 e. The van der Waals surface area contributed by atoms with Gasteiger partial charge in [-0.1, -0.05) is 20.8 Å². The summed E-state index contributed by atoms with van der Waals surface area (Å²) in [6, 6.07) is 3.18. The summed E-state index contributed by atoms with van der Waals surface area (Å²) in [4.78, 5) is 0.815. The molecule has 1 aromatic carbocycles. The molecule has 0 aliphatic heterocycles. The third kappa shape index (κ3) is 3.31. The van der Waals surface area contributed by atoms with Crippen molar-refractivity contribution in [1.82, 2.24) is 0 Å². The molecule has 0 saturated carbocycles. The van der Waals surface area contributed by atoms with E-state index >= 15 is 0 Å². The maximum absolute atomic E-state index is 13.3. The zero-order chi connectivity index (χ0) is 10.9. The Morgan fingerprint density at radius 2 is 1.93 bits per heavy atom. The molecular formula is C10H13FINS. The van der Waals surface area contributed by atoms with Crippen LogP contribution in [0.3, 0.4) is 0 Å².